The summed E-state index contributed by atoms with van der Waals surface area (Å²) in [6.07, 6.45) is 3.51. The van der Waals surface area contributed by atoms with Crippen LogP contribution in [-0.4, -0.2) is 15.0 Å². The number of pyridine rings is 1. The Morgan fingerprint density at radius 1 is 1.04 bits per heavy atom. The number of nitrogens with one attached hydrogen (secondary N) is 1. The number of benzene rings is 1. The van der Waals surface area contributed by atoms with Crippen LogP contribution in [0.5, 0.6) is 5.75 Å². The van der Waals surface area contributed by atoms with Gasteiger partial charge >= 0.3 is 0 Å². The van der Waals surface area contributed by atoms with E-state index in [0.29, 0.717) is 22.1 Å². The maximum absolute atomic E-state index is 5.85. The van der Waals surface area contributed by atoms with Crippen molar-refractivity contribution in [3.63, 3.8) is 0 Å². The summed E-state index contributed by atoms with van der Waals surface area (Å²) in [5.41, 5.74) is 2.21. The molecule has 0 saturated carbocycles. The molecule has 0 amide bonds. The summed E-state index contributed by atoms with van der Waals surface area (Å²) in [6, 6.07) is 11.8. The monoisotopic (exact) mass is 437 g/mol. The van der Waals surface area contributed by atoms with Crippen LogP contribution in [0.1, 0.15) is 11.1 Å². The van der Waals surface area contributed by atoms with Gasteiger partial charge in [0.2, 0.25) is 0 Å². The van der Waals surface area contributed by atoms with Gasteiger partial charge in [0.15, 0.2) is 10.3 Å². The van der Waals surface area contributed by atoms with E-state index >= 15 is 0 Å². The van der Waals surface area contributed by atoms with E-state index in [1.807, 2.05) is 36.4 Å². The van der Waals surface area contributed by atoms with Crippen molar-refractivity contribution in [2.24, 2.45) is 0 Å². The van der Waals surface area contributed by atoms with E-state index in [1.165, 1.54) is 11.8 Å². The molecule has 0 unspecified atom stereocenters. The number of thioether (sulfide) groups is 1. The molecule has 0 fully saturated rings. The molecule has 134 valence electrons. The van der Waals surface area contributed by atoms with Crippen molar-refractivity contribution in [1.29, 1.82) is 0 Å². The highest BCUT2D eigenvalue weighted by molar-refractivity contribution is 7.98. The third-order valence-corrected chi connectivity index (χ3v) is 4.61. The number of hydrogen-bond acceptors (Lipinski definition) is 4. The van der Waals surface area contributed by atoms with Gasteiger partial charge in [-0.2, -0.15) is 0 Å². The van der Waals surface area contributed by atoms with E-state index in [0.717, 1.165) is 22.6 Å². The molecule has 0 aliphatic carbocycles. The van der Waals surface area contributed by atoms with Crippen LogP contribution in [0.25, 0.3) is 0 Å². The fourth-order valence-corrected chi connectivity index (χ4v) is 3.09. The molecule has 3 rings (SSSR count). The molecule has 0 atom stereocenters. The maximum atomic E-state index is 5.85. The van der Waals surface area contributed by atoms with Crippen LogP contribution < -0.4 is 4.74 Å². The lowest BCUT2D eigenvalue weighted by molar-refractivity contribution is 0.306. The second-order valence-electron chi connectivity index (χ2n) is 4.73. The van der Waals surface area contributed by atoms with E-state index < -0.39 is 0 Å². The van der Waals surface area contributed by atoms with Gasteiger partial charge in [-0.25, -0.2) is 4.98 Å². The highest BCUT2D eigenvalue weighted by Crippen LogP contribution is 2.27. The summed E-state index contributed by atoms with van der Waals surface area (Å²) >= 11 is 13.2. The normalized spacial score (nSPS) is 9.84. The summed E-state index contributed by atoms with van der Waals surface area (Å²) in [5, 5.41) is 1.36. The molecule has 25 heavy (non-hydrogen) atoms. The van der Waals surface area contributed by atoms with Gasteiger partial charge in [0, 0.05) is 18.1 Å². The predicted octanol–water partition coefficient (Wildman–Crippen LogP) is 5.83. The minimum Gasteiger partial charge on any atom is -0.489 e. The standard InChI is InChI=1S/C16H13Cl2N3OS.2ClH/c17-14-15(18)21-16(20-14)23-10-12-2-1-3-13(8-12)22-9-11-4-6-19-7-5-11;;/h1-8H,9-10H2,(H,20,21);2*1H. The zero-order chi connectivity index (χ0) is 16.1. The molecule has 4 nitrogen and oxygen atoms in total. The summed E-state index contributed by atoms with van der Waals surface area (Å²) < 4.78 is 5.81. The summed E-state index contributed by atoms with van der Waals surface area (Å²) in [4.78, 5) is 11.0. The van der Waals surface area contributed by atoms with Crippen molar-refractivity contribution in [1.82, 2.24) is 15.0 Å². The number of nitrogens with zero attached hydrogens (tertiary/aromatic N) is 2. The highest BCUT2D eigenvalue weighted by atomic mass is 35.5. The van der Waals surface area contributed by atoms with E-state index in [1.54, 1.807) is 12.4 Å². The van der Waals surface area contributed by atoms with Gasteiger partial charge in [0.1, 0.15) is 17.5 Å². The SMILES string of the molecule is Cl.Cl.Clc1nc(SCc2cccc(OCc3ccncc3)c2)[nH]c1Cl. The average Bonchev–Trinajstić information content (AvgIpc) is 2.91. The van der Waals surface area contributed by atoms with E-state index in [-0.39, 0.29) is 24.8 Å². The first kappa shape index (κ1) is 21.9. The quantitative estimate of drug-likeness (QED) is 0.492. The Morgan fingerprint density at radius 2 is 1.80 bits per heavy atom. The number of aromatic amines is 1. The van der Waals surface area contributed by atoms with Gasteiger partial charge in [0.25, 0.3) is 0 Å². The van der Waals surface area contributed by atoms with Crippen molar-refractivity contribution in [2.75, 3.05) is 0 Å². The Morgan fingerprint density at radius 3 is 2.48 bits per heavy atom. The molecule has 1 N–H and O–H groups in total. The van der Waals surface area contributed by atoms with Gasteiger partial charge in [-0.3, -0.25) is 4.98 Å². The van der Waals surface area contributed by atoms with Gasteiger partial charge in [-0.1, -0.05) is 47.1 Å². The van der Waals surface area contributed by atoms with Crippen LogP contribution in [0.2, 0.25) is 10.3 Å². The van der Waals surface area contributed by atoms with Crippen molar-refractivity contribution in [3.05, 3.63) is 70.2 Å². The van der Waals surface area contributed by atoms with Crippen LogP contribution in [0.15, 0.2) is 53.9 Å². The molecule has 0 radical (unpaired) electrons. The molecule has 2 heterocycles. The van der Waals surface area contributed by atoms with Crippen molar-refractivity contribution in [3.8, 4) is 5.75 Å². The molecule has 0 aliphatic rings. The first-order valence-electron chi connectivity index (χ1n) is 6.85. The minimum absolute atomic E-state index is 0. The smallest absolute Gasteiger partial charge is 0.168 e. The number of H-pyrrole nitrogens is 1. The molecule has 3 aromatic rings. The second kappa shape index (κ2) is 10.8. The fourth-order valence-electron chi connectivity index (χ4n) is 1.90. The minimum atomic E-state index is 0. The van der Waals surface area contributed by atoms with E-state index in [4.69, 9.17) is 27.9 Å². The zero-order valence-corrected chi connectivity index (χ0v) is 16.8. The molecule has 0 bridgehead atoms. The number of aromatic nitrogens is 3. The van der Waals surface area contributed by atoms with Gasteiger partial charge < -0.3 is 9.72 Å². The number of hydrogen-bond donors (Lipinski definition) is 1. The molecule has 1 aromatic carbocycles. The Bertz CT molecular complexity index is 767. The second-order valence-corrected chi connectivity index (χ2v) is 6.43. The lowest BCUT2D eigenvalue weighted by Gasteiger charge is -2.07. The maximum Gasteiger partial charge on any atom is 0.168 e. The Balaban J connectivity index is 0.00000156. The lowest BCUT2D eigenvalue weighted by atomic mass is 10.2. The van der Waals surface area contributed by atoms with Crippen LogP contribution in [-0.2, 0) is 12.4 Å². The molecule has 9 heteroatoms. The van der Waals surface area contributed by atoms with Crippen LogP contribution in [0.4, 0.5) is 0 Å². The Hall–Kier alpha value is -1.11. The average molecular weight is 439 g/mol. The fraction of sp³-hybridized carbons (Fsp3) is 0.125. The number of imidazole rings is 1. The first-order valence-corrected chi connectivity index (χ1v) is 8.59. The Labute approximate surface area is 172 Å². The third-order valence-electron chi connectivity index (χ3n) is 3.03. The van der Waals surface area contributed by atoms with Crippen LogP contribution >= 0.6 is 59.8 Å². The molecule has 2 aromatic heterocycles. The van der Waals surface area contributed by atoms with E-state index in [2.05, 4.69) is 15.0 Å². The van der Waals surface area contributed by atoms with Crippen LogP contribution in [0, 0.1) is 0 Å². The van der Waals surface area contributed by atoms with Crippen LogP contribution in [0.3, 0.4) is 0 Å². The summed E-state index contributed by atoms with van der Waals surface area (Å²) in [6.45, 7) is 0.516. The zero-order valence-electron chi connectivity index (χ0n) is 12.8. The molecular weight excluding hydrogens is 424 g/mol. The molecule has 0 aliphatic heterocycles. The Kier molecular flexibility index (Phi) is 9.46. The first-order chi connectivity index (χ1) is 11.2. The predicted molar refractivity (Wildman–Crippen MR) is 108 cm³/mol. The number of halogens is 4. The largest absolute Gasteiger partial charge is 0.489 e. The van der Waals surface area contributed by atoms with Crippen molar-refractivity contribution >= 4 is 59.8 Å². The van der Waals surface area contributed by atoms with E-state index in [9.17, 15) is 0 Å². The molecule has 0 saturated heterocycles. The van der Waals surface area contributed by atoms with Gasteiger partial charge in [0.05, 0.1) is 0 Å². The lowest BCUT2D eigenvalue weighted by Crippen LogP contribution is -1.95. The highest BCUT2D eigenvalue weighted by Gasteiger charge is 2.07. The summed E-state index contributed by atoms with van der Waals surface area (Å²) in [7, 11) is 0. The third kappa shape index (κ3) is 6.60. The molecular formula is C16H15Cl4N3OS. The number of rotatable bonds is 6. The molecule has 0 spiro atoms. The van der Waals surface area contributed by atoms with Crippen molar-refractivity contribution < 1.29 is 4.74 Å². The van der Waals surface area contributed by atoms with Gasteiger partial charge in [-0.15, -0.1) is 24.8 Å². The topological polar surface area (TPSA) is 50.8 Å². The van der Waals surface area contributed by atoms with Crippen molar-refractivity contribution in [2.45, 2.75) is 17.5 Å². The van der Waals surface area contributed by atoms with Gasteiger partial charge in [-0.05, 0) is 35.4 Å². The summed E-state index contributed by atoms with van der Waals surface area (Å²) in [5.74, 6) is 1.57. The number of ether oxygens (including phenoxy) is 1.